The lowest BCUT2D eigenvalue weighted by Gasteiger charge is -2.25. The normalized spacial score (nSPS) is 11.6. The molecule has 0 aliphatic heterocycles. The molecule has 9 heteroatoms. The van der Waals surface area contributed by atoms with Gasteiger partial charge in [-0.25, -0.2) is 8.42 Å². The van der Waals surface area contributed by atoms with Gasteiger partial charge in [-0.05, 0) is 20.8 Å². The molecule has 0 aromatic carbocycles. The van der Waals surface area contributed by atoms with E-state index in [0.717, 1.165) is 0 Å². The SMILES string of the molecule is CCNC(=NCCS(=O)(=O)CC)N(C)CC(=O)N(CC)CC.I. The Morgan fingerprint density at radius 2 is 1.70 bits per heavy atom. The molecule has 0 spiro atoms. The van der Waals surface area contributed by atoms with Crippen LogP contribution in [0.15, 0.2) is 4.99 Å². The molecule has 0 fully saturated rings. The number of nitrogens with one attached hydrogen (secondary N) is 1. The van der Waals surface area contributed by atoms with Crippen molar-refractivity contribution < 1.29 is 13.2 Å². The summed E-state index contributed by atoms with van der Waals surface area (Å²) in [5, 5.41) is 3.08. The number of rotatable bonds is 9. The molecule has 0 aromatic heterocycles. The highest BCUT2D eigenvalue weighted by Gasteiger charge is 2.15. The second kappa shape index (κ2) is 12.8. The minimum Gasteiger partial charge on any atom is -0.357 e. The summed E-state index contributed by atoms with van der Waals surface area (Å²) in [6, 6.07) is 0. The Hall–Kier alpha value is -0.580. The molecule has 1 amide bonds. The van der Waals surface area contributed by atoms with Gasteiger partial charge < -0.3 is 15.1 Å². The summed E-state index contributed by atoms with van der Waals surface area (Å²) in [5.41, 5.74) is 0. The van der Waals surface area contributed by atoms with Crippen LogP contribution in [0, 0.1) is 0 Å². The van der Waals surface area contributed by atoms with Gasteiger partial charge in [0.05, 0.1) is 18.8 Å². The second-order valence-corrected chi connectivity index (χ2v) is 7.37. The zero-order chi connectivity index (χ0) is 17.2. The fourth-order valence-electron chi connectivity index (χ4n) is 1.86. The van der Waals surface area contributed by atoms with Crippen molar-refractivity contribution in [1.82, 2.24) is 15.1 Å². The Bertz CT molecular complexity index is 465. The molecule has 0 heterocycles. The largest absolute Gasteiger partial charge is 0.357 e. The van der Waals surface area contributed by atoms with Gasteiger partial charge in [-0.1, -0.05) is 6.92 Å². The van der Waals surface area contributed by atoms with Gasteiger partial charge in [0.1, 0.15) is 0 Å². The van der Waals surface area contributed by atoms with Crippen LogP contribution in [0.1, 0.15) is 27.7 Å². The number of carbonyl (C=O) groups excluding carboxylic acids is 1. The summed E-state index contributed by atoms with van der Waals surface area (Å²) in [7, 11) is -1.25. The second-order valence-electron chi connectivity index (χ2n) is 4.89. The number of hydrogen-bond acceptors (Lipinski definition) is 4. The Balaban J connectivity index is 0. The Kier molecular flexibility index (Phi) is 13.7. The van der Waals surface area contributed by atoms with Gasteiger partial charge in [-0.15, -0.1) is 24.0 Å². The van der Waals surface area contributed by atoms with Gasteiger partial charge in [0.15, 0.2) is 15.8 Å². The molecule has 0 radical (unpaired) electrons. The first-order chi connectivity index (χ1) is 10.3. The van der Waals surface area contributed by atoms with Crippen LogP contribution in [0.25, 0.3) is 0 Å². The number of hydrogen-bond donors (Lipinski definition) is 1. The maximum atomic E-state index is 12.1. The predicted molar refractivity (Wildman–Crippen MR) is 106 cm³/mol. The maximum absolute atomic E-state index is 12.1. The van der Waals surface area contributed by atoms with Crippen LogP contribution >= 0.6 is 24.0 Å². The van der Waals surface area contributed by atoms with Gasteiger partial charge in [0.2, 0.25) is 5.91 Å². The highest BCUT2D eigenvalue weighted by molar-refractivity contribution is 14.0. The molecule has 7 nitrogen and oxygen atoms in total. The molecular weight excluding hydrogens is 431 g/mol. The third kappa shape index (κ3) is 10.0. The van der Waals surface area contributed by atoms with Crippen molar-refractivity contribution in [2.75, 3.05) is 51.3 Å². The summed E-state index contributed by atoms with van der Waals surface area (Å²) in [4.78, 5) is 19.9. The molecule has 23 heavy (non-hydrogen) atoms. The number of nitrogens with zero attached hydrogens (tertiary/aromatic N) is 3. The molecule has 0 atom stereocenters. The molecule has 1 N–H and O–H groups in total. The van der Waals surface area contributed by atoms with E-state index in [9.17, 15) is 13.2 Å². The predicted octanol–water partition coefficient (Wildman–Crippen LogP) is 0.805. The number of likely N-dealkylation sites (N-methyl/N-ethyl adjacent to an activating group) is 2. The van der Waals surface area contributed by atoms with Crippen molar-refractivity contribution >= 4 is 45.7 Å². The van der Waals surface area contributed by atoms with E-state index in [-0.39, 0.29) is 54.5 Å². The lowest BCUT2D eigenvalue weighted by molar-refractivity contribution is -0.131. The van der Waals surface area contributed by atoms with Crippen molar-refractivity contribution in [2.45, 2.75) is 27.7 Å². The Morgan fingerprint density at radius 1 is 1.13 bits per heavy atom. The summed E-state index contributed by atoms with van der Waals surface area (Å²) < 4.78 is 23.0. The van der Waals surface area contributed by atoms with E-state index in [1.807, 2.05) is 20.8 Å². The summed E-state index contributed by atoms with van der Waals surface area (Å²) in [6.07, 6.45) is 0. The number of halogens is 1. The molecule has 0 unspecified atom stereocenters. The van der Waals surface area contributed by atoms with Crippen LogP contribution in [0.4, 0.5) is 0 Å². The third-order valence-electron chi connectivity index (χ3n) is 3.29. The monoisotopic (exact) mass is 462 g/mol. The average Bonchev–Trinajstić information content (AvgIpc) is 2.47. The van der Waals surface area contributed by atoms with E-state index in [2.05, 4.69) is 10.3 Å². The van der Waals surface area contributed by atoms with Gasteiger partial charge in [-0.2, -0.15) is 0 Å². The van der Waals surface area contributed by atoms with E-state index < -0.39 is 9.84 Å². The minimum atomic E-state index is -3.03. The first-order valence-corrected chi connectivity index (χ1v) is 9.60. The first kappa shape index (κ1) is 24.7. The van der Waals surface area contributed by atoms with E-state index >= 15 is 0 Å². The molecular formula is C14H31IN4O3S. The Morgan fingerprint density at radius 3 is 2.13 bits per heavy atom. The van der Waals surface area contributed by atoms with Gasteiger partial charge >= 0.3 is 0 Å². The van der Waals surface area contributed by atoms with Crippen LogP contribution < -0.4 is 5.32 Å². The van der Waals surface area contributed by atoms with Gasteiger partial charge in [0, 0.05) is 32.4 Å². The summed E-state index contributed by atoms with van der Waals surface area (Å²) >= 11 is 0. The average molecular weight is 462 g/mol. The molecule has 0 aliphatic carbocycles. The van der Waals surface area contributed by atoms with Crippen LogP contribution in [0.3, 0.4) is 0 Å². The highest BCUT2D eigenvalue weighted by atomic mass is 127. The fourth-order valence-corrected chi connectivity index (χ4v) is 2.52. The molecule has 0 aliphatic rings. The number of carbonyl (C=O) groups is 1. The van der Waals surface area contributed by atoms with E-state index in [1.165, 1.54) is 0 Å². The third-order valence-corrected chi connectivity index (χ3v) is 4.97. The van der Waals surface area contributed by atoms with Crippen LogP contribution in [-0.4, -0.2) is 81.4 Å². The lowest BCUT2D eigenvalue weighted by Crippen LogP contribution is -2.45. The van der Waals surface area contributed by atoms with Gasteiger partial charge in [0.25, 0.3) is 0 Å². The van der Waals surface area contributed by atoms with Crippen molar-refractivity contribution in [3.63, 3.8) is 0 Å². The topological polar surface area (TPSA) is 82.1 Å². The lowest BCUT2D eigenvalue weighted by atomic mass is 10.4. The van der Waals surface area contributed by atoms with Crippen molar-refractivity contribution in [1.29, 1.82) is 0 Å². The molecule has 0 aromatic rings. The maximum Gasteiger partial charge on any atom is 0.242 e. The molecule has 0 saturated heterocycles. The van der Waals surface area contributed by atoms with Crippen molar-refractivity contribution in [3.05, 3.63) is 0 Å². The van der Waals surface area contributed by atoms with Crippen LogP contribution in [0.5, 0.6) is 0 Å². The quantitative estimate of drug-likeness (QED) is 0.312. The number of aliphatic imine (C=N–C) groups is 1. The molecule has 0 saturated carbocycles. The van der Waals surface area contributed by atoms with E-state index in [4.69, 9.17) is 0 Å². The van der Waals surface area contributed by atoms with E-state index in [1.54, 1.807) is 23.8 Å². The van der Waals surface area contributed by atoms with Crippen molar-refractivity contribution in [3.8, 4) is 0 Å². The minimum absolute atomic E-state index is 0. The Labute approximate surface area is 157 Å². The molecule has 138 valence electrons. The fraction of sp³-hybridized carbons (Fsp3) is 0.857. The number of guanidine groups is 1. The van der Waals surface area contributed by atoms with E-state index in [0.29, 0.717) is 25.6 Å². The standard InChI is InChI=1S/C14H30N4O3S.HI/c1-6-15-14(16-10-11-22(20,21)9-4)17(5)12-13(19)18(7-2)8-3;/h6-12H2,1-5H3,(H,15,16);1H. The van der Waals surface area contributed by atoms with Crippen LogP contribution in [-0.2, 0) is 14.6 Å². The van der Waals surface area contributed by atoms with Gasteiger partial charge in [-0.3, -0.25) is 9.79 Å². The first-order valence-electron chi connectivity index (χ1n) is 7.78. The smallest absolute Gasteiger partial charge is 0.242 e. The number of sulfone groups is 1. The highest BCUT2D eigenvalue weighted by Crippen LogP contribution is 1.95. The molecule has 0 rings (SSSR count). The zero-order valence-corrected chi connectivity index (χ0v) is 18.0. The van der Waals surface area contributed by atoms with Crippen LogP contribution in [0.2, 0.25) is 0 Å². The summed E-state index contributed by atoms with van der Waals surface area (Å²) in [5.74, 6) is 0.722. The molecule has 0 bridgehead atoms. The zero-order valence-electron chi connectivity index (χ0n) is 14.8. The number of amides is 1. The van der Waals surface area contributed by atoms with Crippen molar-refractivity contribution in [2.24, 2.45) is 4.99 Å². The summed E-state index contributed by atoms with van der Waals surface area (Å²) in [6.45, 7) is 9.85.